The summed E-state index contributed by atoms with van der Waals surface area (Å²) in [7, 11) is 0. The first-order valence-corrected chi connectivity index (χ1v) is 7.85. The van der Waals surface area contributed by atoms with E-state index >= 15 is 0 Å². The van der Waals surface area contributed by atoms with Crippen molar-refractivity contribution in [2.75, 3.05) is 0 Å². The molecule has 0 aliphatic rings. The maximum absolute atomic E-state index is 5.81. The highest BCUT2D eigenvalue weighted by atomic mass is 14.1. The van der Waals surface area contributed by atoms with E-state index in [9.17, 15) is 0 Å². The minimum absolute atomic E-state index is 0.937. The van der Waals surface area contributed by atoms with Crippen molar-refractivity contribution in [2.45, 2.75) is 0 Å². The molecule has 0 radical (unpaired) electrons. The van der Waals surface area contributed by atoms with Gasteiger partial charge >= 0.3 is 0 Å². The van der Waals surface area contributed by atoms with Crippen molar-refractivity contribution in [1.29, 1.82) is 0 Å². The van der Waals surface area contributed by atoms with Gasteiger partial charge in [-0.05, 0) is 33.7 Å². The van der Waals surface area contributed by atoms with Crippen molar-refractivity contribution in [3.05, 3.63) is 95.6 Å². The quantitative estimate of drug-likeness (QED) is 0.302. The van der Waals surface area contributed by atoms with E-state index in [1.165, 1.54) is 0 Å². The third-order valence-electron chi connectivity index (χ3n) is 4.18. The standard InChI is InChI=1S/C24H14/c1-2-19-20-12-6-8-14-22(20)24(23-15-9-7-13-21(19)23)17-16-18-10-4-3-5-11-18/h1,3-15H. The van der Waals surface area contributed by atoms with Crippen LogP contribution in [0.25, 0.3) is 21.5 Å². The molecule has 0 aromatic heterocycles. The second-order valence-corrected chi connectivity index (χ2v) is 5.60. The zero-order valence-electron chi connectivity index (χ0n) is 13.1. The fourth-order valence-electron chi connectivity index (χ4n) is 3.07. The van der Waals surface area contributed by atoms with Crippen LogP contribution in [0.5, 0.6) is 0 Å². The number of hydrogen-bond donors (Lipinski definition) is 0. The smallest absolute Gasteiger partial charge is 0.0406 e. The van der Waals surface area contributed by atoms with E-state index in [0.29, 0.717) is 0 Å². The van der Waals surface area contributed by atoms with Crippen LogP contribution in [0.1, 0.15) is 16.7 Å². The second kappa shape index (κ2) is 5.96. The van der Waals surface area contributed by atoms with E-state index in [-0.39, 0.29) is 0 Å². The largest absolute Gasteiger partial charge is 0.115 e. The molecule has 24 heavy (non-hydrogen) atoms. The monoisotopic (exact) mass is 302 g/mol. The van der Waals surface area contributed by atoms with Crippen LogP contribution in [0.3, 0.4) is 0 Å². The second-order valence-electron chi connectivity index (χ2n) is 5.60. The Balaban J connectivity index is 2.11. The maximum Gasteiger partial charge on any atom is 0.0406 e. The van der Waals surface area contributed by atoms with Crippen LogP contribution in [0.2, 0.25) is 0 Å². The molecule has 0 spiro atoms. The molecule has 4 aromatic rings. The summed E-state index contributed by atoms with van der Waals surface area (Å²) in [5.41, 5.74) is 2.97. The summed E-state index contributed by atoms with van der Waals surface area (Å²) in [6.07, 6.45) is 5.81. The number of benzene rings is 4. The topological polar surface area (TPSA) is 0 Å². The van der Waals surface area contributed by atoms with Crippen molar-refractivity contribution in [3.8, 4) is 24.2 Å². The minimum atomic E-state index is 0.937. The Labute approximate surface area is 141 Å². The van der Waals surface area contributed by atoms with Crippen molar-refractivity contribution in [3.63, 3.8) is 0 Å². The SMILES string of the molecule is C#Cc1c2ccccc2c(C#Cc2ccccc2)c2ccccc12. The zero-order valence-corrected chi connectivity index (χ0v) is 13.1. The van der Waals surface area contributed by atoms with Gasteiger partial charge in [0.05, 0.1) is 0 Å². The van der Waals surface area contributed by atoms with Gasteiger partial charge in [0.1, 0.15) is 0 Å². The van der Waals surface area contributed by atoms with E-state index in [0.717, 1.165) is 38.2 Å². The van der Waals surface area contributed by atoms with E-state index in [2.05, 4.69) is 42.0 Å². The molecule has 0 amide bonds. The fourth-order valence-corrected chi connectivity index (χ4v) is 3.07. The zero-order chi connectivity index (χ0) is 16.4. The van der Waals surface area contributed by atoms with Gasteiger partial charge in [-0.2, -0.15) is 0 Å². The van der Waals surface area contributed by atoms with Crippen LogP contribution >= 0.6 is 0 Å². The molecule has 4 rings (SSSR count). The summed E-state index contributed by atoms with van der Waals surface area (Å²) in [6.45, 7) is 0. The summed E-state index contributed by atoms with van der Waals surface area (Å²) >= 11 is 0. The van der Waals surface area contributed by atoms with Crippen molar-refractivity contribution >= 4 is 21.5 Å². The highest BCUT2D eigenvalue weighted by Crippen LogP contribution is 2.31. The number of rotatable bonds is 0. The first-order chi connectivity index (χ1) is 11.9. The van der Waals surface area contributed by atoms with Gasteiger partial charge in [-0.1, -0.05) is 84.5 Å². The lowest BCUT2D eigenvalue weighted by atomic mass is 9.92. The van der Waals surface area contributed by atoms with Gasteiger partial charge in [-0.25, -0.2) is 0 Å². The molecular formula is C24H14. The van der Waals surface area contributed by atoms with Crippen LogP contribution in [-0.4, -0.2) is 0 Å². The normalized spacial score (nSPS) is 10.1. The van der Waals surface area contributed by atoms with E-state index in [4.69, 9.17) is 6.42 Å². The van der Waals surface area contributed by atoms with E-state index < -0.39 is 0 Å². The molecule has 0 unspecified atom stereocenters. The van der Waals surface area contributed by atoms with Crippen LogP contribution in [0, 0.1) is 24.2 Å². The summed E-state index contributed by atoms with van der Waals surface area (Å²) in [4.78, 5) is 0. The molecular weight excluding hydrogens is 288 g/mol. The molecule has 0 nitrogen and oxygen atoms in total. The summed E-state index contributed by atoms with van der Waals surface area (Å²) in [5.74, 6) is 9.53. The molecule has 4 aromatic carbocycles. The molecule has 110 valence electrons. The highest BCUT2D eigenvalue weighted by molar-refractivity contribution is 6.09. The fraction of sp³-hybridized carbons (Fsp3) is 0. The number of fused-ring (bicyclic) bond motifs is 2. The molecule has 0 aliphatic carbocycles. The highest BCUT2D eigenvalue weighted by Gasteiger charge is 2.10. The molecule has 0 aliphatic heterocycles. The lowest BCUT2D eigenvalue weighted by Gasteiger charge is -2.10. The third-order valence-corrected chi connectivity index (χ3v) is 4.18. The van der Waals surface area contributed by atoms with Gasteiger partial charge in [-0.3, -0.25) is 0 Å². The Hall–Kier alpha value is -3.48. The van der Waals surface area contributed by atoms with Gasteiger partial charge in [-0.15, -0.1) is 6.42 Å². The van der Waals surface area contributed by atoms with Gasteiger partial charge in [0.2, 0.25) is 0 Å². The summed E-state index contributed by atoms with van der Waals surface area (Å²) < 4.78 is 0. The first-order valence-electron chi connectivity index (χ1n) is 7.85. The average Bonchev–Trinajstić information content (AvgIpc) is 2.66. The predicted octanol–water partition coefficient (Wildman–Crippen LogP) is 5.37. The van der Waals surface area contributed by atoms with E-state index in [1.54, 1.807) is 0 Å². The first kappa shape index (κ1) is 14.1. The summed E-state index contributed by atoms with van der Waals surface area (Å²) in [5, 5.41) is 4.37. The van der Waals surface area contributed by atoms with Crippen LogP contribution in [-0.2, 0) is 0 Å². The van der Waals surface area contributed by atoms with Crippen LogP contribution in [0.15, 0.2) is 78.9 Å². The minimum Gasteiger partial charge on any atom is -0.115 e. The van der Waals surface area contributed by atoms with E-state index in [1.807, 2.05) is 54.6 Å². The molecule has 0 saturated heterocycles. The molecule has 0 bridgehead atoms. The van der Waals surface area contributed by atoms with Gasteiger partial charge in [0.25, 0.3) is 0 Å². The van der Waals surface area contributed by atoms with Crippen LogP contribution in [0.4, 0.5) is 0 Å². The Kier molecular flexibility index (Phi) is 3.51. The lowest BCUT2D eigenvalue weighted by molar-refractivity contribution is 1.64. The Morgan fingerprint density at radius 1 is 0.500 bits per heavy atom. The Bertz CT molecular complexity index is 1090. The lowest BCUT2D eigenvalue weighted by Crippen LogP contribution is -1.89. The molecule has 0 heteroatoms. The third kappa shape index (κ3) is 2.32. The number of hydrogen-bond acceptors (Lipinski definition) is 0. The Morgan fingerprint density at radius 3 is 1.46 bits per heavy atom. The van der Waals surface area contributed by atoms with Crippen molar-refractivity contribution in [2.24, 2.45) is 0 Å². The molecule has 0 fully saturated rings. The molecule has 0 N–H and O–H groups in total. The summed E-state index contributed by atoms with van der Waals surface area (Å²) in [6, 6.07) is 26.5. The molecule has 0 atom stereocenters. The maximum atomic E-state index is 5.81. The Morgan fingerprint density at radius 2 is 0.958 bits per heavy atom. The van der Waals surface area contributed by atoms with Gasteiger partial charge < -0.3 is 0 Å². The molecule has 0 heterocycles. The van der Waals surface area contributed by atoms with Gasteiger partial charge in [0.15, 0.2) is 0 Å². The van der Waals surface area contributed by atoms with Crippen molar-refractivity contribution < 1.29 is 0 Å². The predicted molar refractivity (Wildman–Crippen MR) is 102 cm³/mol. The average molecular weight is 302 g/mol. The van der Waals surface area contributed by atoms with Crippen LogP contribution < -0.4 is 0 Å². The number of terminal acetylenes is 1. The molecule has 0 saturated carbocycles. The van der Waals surface area contributed by atoms with Gasteiger partial charge in [0, 0.05) is 16.7 Å². The van der Waals surface area contributed by atoms with Crippen molar-refractivity contribution in [1.82, 2.24) is 0 Å².